The van der Waals surface area contributed by atoms with Gasteiger partial charge >= 0.3 is 5.97 Å². The number of benzene rings is 1. The molecule has 0 saturated carbocycles. The minimum atomic E-state index is -0.501. The summed E-state index contributed by atoms with van der Waals surface area (Å²) in [6, 6.07) is 7.66. The number of fused-ring (bicyclic) bond motifs is 1. The number of aryl methyl sites for hydroxylation is 1. The van der Waals surface area contributed by atoms with Crippen LogP contribution in [-0.4, -0.2) is 20.6 Å². The maximum atomic E-state index is 11.9. The van der Waals surface area contributed by atoms with Crippen molar-refractivity contribution in [3.63, 3.8) is 0 Å². The van der Waals surface area contributed by atoms with E-state index in [4.69, 9.17) is 16.3 Å². The standard InChI is InChI=1S/C14H10ClN3O3S/c1-8-17-18-12(19)6-11(16-14(18)22-8)7-21-13(20)9-2-4-10(15)5-3-9/h2-6H,7H2,1H3. The first-order chi connectivity index (χ1) is 10.5. The summed E-state index contributed by atoms with van der Waals surface area (Å²) in [7, 11) is 0. The molecule has 0 N–H and O–H groups in total. The molecule has 2 heterocycles. The Hall–Kier alpha value is -2.25. The molecule has 0 atom stereocenters. The van der Waals surface area contributed by atoms with E-state index in [-0.39, 0.29) is 12.2 Å². The van der Waals surface area contributed by atoms with Crippen LogP contribution in [0.3, 0.4) is 0 Å². The quantitative estimate of drug-likeness (QED) is 0.687. The Morgan fingerprint density at radius 2 is 2.09 bits per heavy atom. The molecule has 8 heteroatoms. The summed E-state index contributed by atoms with van der Waals surface area (Å²) < 4.78 is 6.38. The lowest BCUT2D eigenvalue weighted by Gasteiger charge is -2.04. The zero-order chi connectivity index (χ0) is 15.7. The number of esters is 1. The van der Waals surface area contributed by atoms with Crippen molar-refractivity contribution < 1.29 is 9.53 Å². The number of hydrogen-bond donors (Lipinski definition) is 0. The zero-order valence-corrected chi connectivity index (χ0v) is 13.0. The number of nitrogens with zero attached hydrogens (tertiary/aromatic N) is 3. The molecule has 1 aromatic carbocycles. The first-order valence-corrected chi connectivity index (χ1v) is 7.51. The van der Waals surface area contributed by atoms with Crippen molar-refractivity contribution in [1.29, 1.82) is 0 Å². The second-order valence-corrected chi connectivity index (χ2v) is 6.08. The average Bonchev–Trinajstić information content (AvgIpc) is 2.86. The smallest absolute Gasteiger partial charge is 0.338 e. The fourth-order valence-corrected chi connectivity index (χ4v) is 2.73. The molecule has 0 bridgehead atoms. The largest absolute Gasteiger partial charge is 0.456 e. The summed E-state index contributed by atoms with van der Waals surface area (Å²) in [6.07, 6.45) is 0. The number of carbonyl (C=O) groups is 1. The molecule has 0 aliphatic carbocycles. The van der Waals surface area contributed by atoms with Gasteiger partial charge in [-0.25, -0.2) is 9.78 Å². The van der Waals surface area contributed by atoms with Crippen LogP contribution in [0.1, 0.15) is 21.1 Å². The Balaban J connectivity index is 1.77. The predicted molar refractivity (Wildman–Crippen MR) is 82.4 cm³/mol. The summed E-state index contributed by atoms with van der Waals surface area (Å²) in [5.41, 5.74) is 0.471. The molecule has 0 radical (unpaired) electrons. The van der Waals surface area contributed by atoms with Crippen LogP contribution in [0.2, 0.25) is 5.02 Å². The first kappa shape index (κ1) is 14.7. The molecule has 0 fully saturated rings. The molecule has 0 aliphatic rings. The Kier molecular flexibility index (Phi) is 3.91. The van der Waals surface area contributed by atoms with Gasteiger partial charge in [0.05, 0.1) is 11.3 Å². The van der Waals surface area contributed by atoms with Crippen molar-refractivity contribution in [3.05, 3.63) is 62.0 Å². The molecule has 3 aromatic rings. The van der Waals surface area contributed by atoms with E-state index in [0.717, 1.165) is 5.01 Å². The van der Waals surface area contributed by atoms with Gasteiger partial charge in [0.25, 0.3) is 5.56 Å². The third-order valence-corrected chi connectivity index (χ3v) is 3.91. The summed E-state index contributed by atoms with van der Waals surface area (Å²) in [6.45, 7) is 1.71. The molecule has 0 saturated heterocycles. The Bertz CT molecular complexity index is 902. The molecule has 3 rings (SSSR count). The highest BCUT2D eigenvalue weighted by Crippen LogP contribution is 2.12. The van der Waals surface area contributed by atoms with Gasteiger partial charge in [-0.05, 0) is 31.2 Å². The van der Waals surface area contributed by atoms with Crippen molar-refractivity contribution in [2.45, 2.75) is 13.5 Å². The number of hydrogen-bond acceptors (Lipinski definition) is 6. The van der Waals surface area contributed by atoms with Crippen molar-refractivity contribution in [2.75, 3.05) is 0 Å². The predicted octanol–water partition coefficient (Wildman–Crippen LogP) is 2.47. The summed E-state index contributed by atoms with van der Waals surface area (Å²) >= 11 is 7.06. The van der Waals surface area contributed by atoms with Gasteiger partial charge in [0.15, 0.2) is 0 Å². The molecule has 0 spiro atoms. The van der Waals surface area contributed by atoms with Crippen LogP contribution >= 0.6 is 22.9 Å². The van der Waals surface area contributed by atoms with Crippen molar-refractivity contribution in [2.24, 2.45) is 0 Å². The van der Waals surface area contributed by atoms with Crippen LogP contribution < -0.4 is 5.56 Å². The summed E-state index contributed by atoms with van der Waals surface area (Å²) in [5, 5.41) is 5.32. The average molecular weight is 336 g/mol. The van der Waals surface area contributed by atoms with Crippen LogP contribution in [0.5, 0.6) is 0 Å². The Morgan fingerprint density at radius 3 is 2.82 bits per heavy atom. The summed E-state index contributed by atoms with van der Waals surface area (Å²) in [5.74, 6) is -0.501. The van der Waals surface area contributed by atoms with Gasteiger partial charge in [0.1, 0.15) is 11.6 Å². The highest BCUT2D eigenvalue weighted by Gasteiger charge is 2.10. The van der Waals surface area contributed by atoms with Gasteiger partial charge in [-0.15, -0.1) is 0 Å². The molecular weight excluding hydrogens is 326 g/mol. The monoisotopic (exact) mass is 335 g/mol. The maximum Gasteiger partial charge on any atom is 0.338 e. The van der Waals surface area contributed by atoms with E-state index in [2.05, 4.69) is 10.1 Å². The van der Waals surface area contributed by atoms with E-state index in [1.54, 1.807) is 31.2 Å². The number of aromatic nitrogens is 3. The lowest BCUT2D eigenvalue weighted by molar-refractivity contribution is 0.0468. The molecule has 112 valence electrons. The van der Waals surface area contributed by atoms with E-state index in [0.29, 0.717) is 21.2 Å². The topological polar surface area (TPSA) is 73.6 Å². The second-order valence-electron chi connectivity index (χ2n) is 4.48. The van der Waals surface area contributed by atoms with Crippen molar-refractivity contribution in [1.82, 2.24) is 14.6 Å². The lowest BCUT2D eigenvalue weighted by atomic mass is 10.2. The third-order valence-electron chi connectivity index (χ3n) is 2.83. The van der Waals surface area contributed by atoms with Gasteiger partial charge in [0, 0.05) is 11.1 Å². The maximum absolute atomic E-state index is 11.9. The molecular formula is C14H10ClN3O3S. The normalized spacial score (nSPS) is 10.8. The first-order valence-electron chi connectivity index (χ1n) is 6.32. The zero-order valence-electron chi connectivity index (χ0n) is 11.4. The van der Waals surface area contributed by atoms with Gasteiger partial charge in [-0.3, -0.25) is 4.79 Å². The SMILES string of the molecule is Cc1nn2c(=O)cc(COC(=O)c3ccc(Cl)cc3)nc2s1. The minimum absolute atomic E-state index is 0.0792. The number of halogens is 1. The van der Waals surface area contributed by atoms with E-state index in [1.807, 2.05) is 0 Å². The number of rotatable bonds is 3. The highest BCUT2D eigenvalue weighted by atomic mass is 35.5. The van der Waals surface area contributed by atoms with E-state index < -0.39 is 5.97 Å². The molecule has 0 unspecified atom stereocenters. The van der Waals surface area contributed by atoms with Gasteiger partial charge in [0.2, 0.25) is 4.96 Å². The number of carbonyl (C=O) groups excluding carboxylic acids is 1. The Labute approximate surface area is 133 Å². The fraction of sp³-hybridized carbons (Fsp3) is 0.143. The van der Waals surface area contributed by atoms with Crippen molar-refractivity contribution >= 4 is 33.9 Å². The van der Waals surface area contributed by atoms with E-state index >= 15 is 0 Å². The van der Waals surface area contributed by atoms with Crippen LogP contribution in [0, 0.1) is 6.92 Å². The fourth-order valence-electron chi connectivity index (χ4n) is 1.83. The van der Waals surface area contributed by atoms with Crippen LogP contribution in [0.25, 0.3) is 4.96 Å². The number of ether oxygens (including phenoxy) is 1. The molecule has 0 aliphatic heterocycles. The lowest BCUT2D eigenvalue weighted by Crippen LogP contribution is -2.16. The van der Waals surface area contributed by atoms with Gasteiger partial charge < -0.3 is 4.74 Å². The van der Waals surface area contributed by atoms with Crippen LogP contribution in [0.4, 0.5) is 0 Å². The van der Waals surface area contributed by atoms with E-state index in [9.17, 15) is 9.59 Å². The molecule has 22 heavy (non-hydrogen) atoms. The van der Waals surface area contributed by atoms with E-state index in [1.165, 1.54) is 21.9 Å². The molecule has 0 amide bonds. The second kappa shape index (κ2) is 5.86. The van der Waals surface area contributed by atoms with Gasteiger partial charge in [-0.1, -0.05) is 22.9 Å². The van der Waals surface area contributed by atoms with Gasteiger partial charge in [-0.2, -0.15) is 9.61 Å². The van der Waals surface area contributed by atoms with Crippen molar-refractivity contribution in [3.8, 4) is 0 Å². The molecule has 6 nitrogen and oxygen atoms in total. The Morgan fingerprint density at radius 1 is 1.36 bits per heavy atom. The summed E-state index contributed by atoms with van der Waals surface area (Å²) in [4.78, 5) is 28.5. The minimum Gasteiger partial charge on any atom is -0.456 e. The van der Waals surface area contributed by atoms with Crippen LogP contribution in [0.15, 0.2) is 35.1 Å². The highest BCUT2D eigenvalue weighted by molar-refractivity contribution is 7.16. The van der Waals surface area contributed by atoms with Crippen LogP contribution in [-0.2, 0) is 11.3 Å². The molecule has 2 aromatic heterocycles. The third kappa shape index (κ3) is 3.00.